The van der Waals surface area contributed by atoms with Crippen LogP contribution in [0.15, 0.2) is 134 Å². The lowest BCUT2D eigenvalue weighted by Crippen LogP contribution is -2.41. The summed E-state index contributed by atoms with van der Waals surface area (Å²) >= 11 is 0. The molecule has 0 bridgehead atoms. The summed E-state index contributed by atoms with van der Waals surface area (Å²) in [6, 6.07) is 45.5. The number of aryl methyl sites for hydroxylation is 1. The molecule has 0 saturated carbocycles. The Labute approximate surface area is 282 Å². The Morgan fingerprint density at radius 2 is 1.31 bits per heavy atom. The highest BCUT2D eigenvalue weighted by molar-refractivity contribution is 6.09. The molecule has 0 amide bonds. The highest BCUT2D eigenvalue weighted by Gasteiger charge is 2.36. The van der Waals surface area contributed by atoms with E-state index >= 15 is 0 Å². The molecule has 0 spiro atoms. The van der Waals surface area contributed by atoms with E-state index in [1.165, 1.54) is 33.0 Å². The number of para-hydroxylation sites is 3. The van der Waals surface area contributed by atoms with Gasteiger partial charge in [0.25, 0.3) is 0 Å². The molecule has 5 nitrogen and oxygen atoms in total. The normalized spacial score (nSPS) is 13.5. The molecule has 0 N–H and O–H groups in total. The van der Waals surface area contributed by atoms with Gasteiger partial charge in [-0.15, -0.1) is 4.94 Å². The Kier molecular flexibility index (Phi) is 6.93. The number of aromatic nitrogens is 2. The van der Waals surface area contributed by atoms with Crippen LogP contribution >= 0.6 is 0 Å². The molecule has 8 rings (SSSR count). The van der Waals surface area contributed by atoms with Crippen LogP contribution in [0.5, 0.6) is 0 Å². The van der Waals surface area contributed by atoms with Crippen LogP contribution < -0.4 is 10.1 Å². The number of pyridine rings is 1. The van der Waals surface area contributed by atoms with Crippen molar-refractivity contribution in [2.75, 3.05) is 10.1 Å². The molecule has 1 aliphatic heterocycles. The maximum atomic E-state index is 6.52. The first kappa shape index (κ1) is 30.0. The summed E-state index contributed by atoms with van der Waals surface area (Å²) in [7, 11) is 0. The molecule has 3 heterocycles. The zero-order valence-corrected chi connectivity index (χ0v) is 28.4. The standard InChI is InChI=1S/C43H40N4O/c1-29-14-7-8-17-34(29)30-24-25-44-41(26-30)45-37-19-10-9-18-35(37)36-23-22-32(28-40(36)45)43(5,6)31-15-13-16-33(27-31)46-38-20-11-12-21-39(38)47(48-46)42(2,3)4/h7-28H,1-6H3. The second-order valence-electron chi connectivity index (χ2n) is 14.3. The van der Waals surface area contributed by atoms with Crippen molar-refractivity contribution >= 4 is 38.9 Å². The summed E-state index contributed by atoms with van der Waals surface area (Å²) in [5.74, 6) is 0.909. The minimum absolute atomic E-state index is 0.204. The van der Waals surface area contributed by atoms with Gasteiger partial charge in [-0.05, 0) is 104 Å². The molecule has 0 saturated heterocycles. The van der Waals surface area contributed by atoms with Gasteiger partial charge in [-0.2, -0.15) is 5.06 Å². The van der Waals surface area contributed by atoms with Crippen molar-refractivity contribution in [3.8, 4) is 16.9 Å². The first-order chi connectivity index (χ1) is 23.1. The van der Waals surface area contributed by atoms with Crippen molar-refractivity contribution in [2.24, 2.45) is 0 Å². The van der Waals surface area contributed by atoms with E-state index in [2.05, 4.69) is 174 Å². The van der Waals surface area contributed by atoms with Crippen molar-refractivity contribution in [2.45, 2.75) is 52.5 Å². The number of hydrogen-bond donors (Lipinski definition) is 0. The smallest absolute Gasteiger partial charge is 0.138 e. The van der Waals surface area contributed by atoms with Crippen LogP contribution in [0.3, 0.4) is 0 Å². The molecule has 0 fully saturated rings. The van der Waals surface area contributed by atoms with Crippen molar-refractivity contribution in [1.82, 2.24) is 9.55 Å². The third kappa shape index (κ3) is 4.85. The fourth-order valence-corrected chi connectivity index (χ4v) is 7.05. The maximum absolute atomic E-state index is 6.52. The Morgan fingerprint density at radius 1 is 0.604 bits per heavy atom. The number of anilines is 3. The average molecular weight is 629 g/mol. The zero-order chi connectivity index (χ0) is 33.2. The Balaban J connectivity index is 1.24. The van der Waals surface area contributed by atoms with E-state index in [4.69, 9.17) is 9.92 Å². The summed E-state index contributed by atoms with van der Waals surface area (Å²) in [5.41, 5.74) is 10.9. The largest absolute Gasteiger partial charge is 0.294 e. The van der Waals surface area contributed by atoms with Crippen LogP contribution in [0.25, 0.3) is 38.8 Å². The number of hydrogen-bond acceptors (Lipinski definition) is 4. The molecule has 1 aliphatic rings. The van der Waals surface area contributed by atoms with Crippen LogP contribution in [-0.2, 0) is 10.4 Å². The lowest BCUT2D eigenvalue weighted by Gasteiger charge is -2.32. The van der Waals surface area contributed by atoms with Crippen molar-refractivity contribution in [3.63, 3.8) is 0 Å². The molecule has 0 unspecified atom stereocenters. The molecular formula is C43H40N4O. The number of benzene rings is 5. The molecule has 5 aromatic carbocycles. The monoisotopic (exact) mass is 628 g/mol. The second kappa shape index (κ2) is 11.1. The highest BCUT2D eigenvalue weighted by atomic mass is 16.8. The van der Waals surface area contributed by atoms with E-state index in [0.717, 1.165) is 39.5 Å². The van der Waals surface area contributed by atoms with Gasteiger partial charge in [-0.1, -0.05) is 92.7 Å². The summed E-state index contributed by atoms with van der Waals surface area (Å²) < 4.78 is 2.32. The molecule has 0 radical (unpaired) electrons. The van der Waals surface area contributed by atoms with E-state index < -0.39 is 0 Å². The minimum atomic E-state index is -0.301. The van der Waals surface area contributed by atoms with Gasteiger partial charge in [0.15, 0.2) is 0 Å². The average Bonchev–Trinajstić information content (AvgIpc) is 3.65. The lowest BCUT2D eigenvalue weighted by molar-refractivity contribution is 0.0842. The van der Waals surface area contributed by atoms with Gasteiger partial charge in [0.05, 0.1) is 33.6 Å². The van der Waals surface area contributed by atoms with Crippen molar-refractivity contribution in [3.05, 3.63) is 150 Å². The van der Waals surface area contributed by atoms with E-state index in [1.807, 2.05) is 16.3 Å². The quantitative estimate of drug-likeness (QED) is 0.190. The van der Waals surface area contributed by atoms with Gasteiger partial charge < -0.3 is 0 Å². The third-order valence-electron chi connectivity index (χ3n) is 9.72. The topological polar surface area (TPSA) is 33.5 Å². The van der Waals surface area contributed by atoms with Gasteiger partial charge in [0.2, 0.25) is 0 Å². The fourth-order valence-electron chi connectivity index (χ4n) is 7.05. The predicted molar refractivity (Wildman–Crippen MR) is 199 cm³/mol. The van der Waals surface area contributed by atoms with E-state index in [1.54, 1.807) is 0 Å². The maximum Gasteiger partial charge on any atom is 0.138 e. The van der Waals surface area contributed by atoms with Gasteiger partial charge in [-0.25, -0.2) is 10.0 Å². The predicted octanol–water partition coefficient (Wildman–Crippen LogP) is 11.1. The van der Waals surface area contributed by atoms with Crippen LogP contribution in [0, 0.1) is 6.92 Å². The first-order valence-corrected chi connectivity index (χ1v) is 16.7. The molecule has 7 aromatic rings. The van der Waals surface area contributed by atoms with Gasteiger partial charge in [-0.3, -0.25) is 4.57 Å². The zero-order valence-electron chi connectivity index (χ0n) is 28.4. The Morgan fingerprint density at radius 3 is 2.12 bits per heavy atom. The number of rotatable bonds is 5. The van der Waals surface area contributed by atoms with Crippen LogP contribution in [0.4, 0.5) is 17.1 Å². The van der Waals surface area contributed by atoms with E-state index in [0.29, 0.717) is 0 Å². The molecule has 2 aromatic heterocycles. The van der Waals surface area contributed by atoms with Gasteiger partial charge in [0, 0.05) is 22.4 Å². The van der Waals surface area contributed by atoms with Crippen LogP contribution in [0.2, 0.25) is 0 Å². The highest BCUT2D eigenvalue weighted by Crippen LogP contribution is 2.46. The molecule has 0 aliphatic carbocycles. The SMILES string of the molecule is Cc1ccccc1-c1ccnc(-n2c3ccccc3c3ccc(C(C)(C)c4cccc(N5ON(C(C)(C)C)c6ccccc65)c4)cc32)c1. The molecule has 5 heteroatoms. The van der Waals surface area contributed by atoms with Gasteiger partial charge in [0.1, 0.15) is 5.82 Å². The summed E-state index contributed by atoms with van der Waals surface area (Å²) in [5, 5.41) is 6.38. The molecular weight excluding hydrogens is 589 g/mol. The summed E-state index contributed by atoms with van der Waals surface area (Å²) in [6.07, 6.45) is 1.93. The summed E-state index contributed by atoms with van der Waals surface area (Å²) in [6.45, 7) is 13.3. The van der Waals surface area contributed by atoms with Crippen molar-refractivity contribution in [1.29, 1.82) is 0 Å². The van der Waals surface area contributed by atoms with Crippen molar-refractivity contribution < 1.29 is 4.94 Å². The molecule has 0 atom stereocenters. The number of fused-ring (bicyclic) bond motifs is 4. The van der Waals surface area contributed by atoms with Crippen LogP contribution in [0.1, 0.15) is 51.3 Å². The molecule has 238 valence electrons. The third-order valence-corrected chi connectivity index (χ3v) is 9.72. The van der Waals surface area contributed by atoms with E-state index in [9.17, 15) is 0 Å². The van der Waals surface area contributed by atoms with Gasteiger partial charge >= 0.3 is 0 Å². The molecule has 48 heavy (non-hydrogen) atoms. The summed E-state index contributed by atoms with van der Waals surface area (Å²) in [4.78, 5) is 11.4. The number of hydroxylamine groups is 1. The Bertz CT molecular complexity index is 2330. The van der Waals surface area contributed by atoms with E-state index in [-0.39, 0.29) is 11.0 Å². The fraction of sp³-hybridized carbons (Fsp3) is 0.186. The first-order valence-electron chi connectivity index (χ1n) is 16.7. The second-order valence-corrected chi connectivity index (χ2v) is 14.3. The minimum Gasteiger partial charge on any atom is -0.294 e. The Hall–Kier alpha value is -5.39. The number of nitrogens with zero attached hydrogens (tertiary/aromatic N) is 4. The van der Waals surface area contributed by atoms with Crippen LogP contribution in [-0.4, -0.2) is 15.1 Å². The lowest BCUT2D eigenvalue weighted by atomic mass is 9.77.